The smallest absolute Gasteiger partial charge is 0.311 e. The Hall–Kier alpha value is -10.9. The first-order valence-electron chi connectivity index (χ1n) is 31.1. The Morgan fingerprint density at radius 1 is 0.415 bits per heavy atom. The molecule has 0 saturated carbocycles. The normalized spacial score (nSPS) is 17.0. The molecule has 94 heavy (non-hydrogen) atoms. The number of hydrogen-bond acceptors (Lipinski definition) is 14. The maximum absolute atomic E-state index is 15.4. The molecule has 0 radical (unpaired) electrons. The first-order chi connectivity index (χ1) is 45.8. The van der Waals surface area contributed by atoms with Gasteiger partial charge in [-0.15, -0.1) is 0 Å². The molecule has 2 aliphatic heterocycles. The number of nitrogen functional groups attached to an aromatic ring is 2. The summed E-state index contributed by atoms with van der Waals surface area (Å²) < 4.78 is 69.5. The molecule has 14 rings (SSSR count). The fraction of sp³-hybridized carbons (Fsp3) is 0.132. The molecule has 2 aliphatic carbocycles. The Bertz CT molecular complexity index is 4590. The molecule has 0 amide bonds. The molecule has 4 N–H and O–H groups in total. The predicted octanol–water partition coefficient (Wildman–Crippen LogP) is 20.1. The molecule has 478 valence electrons. The molecule has 18 heteroatoms. The van der Waals surface area contributed by atoms with E-state index >= 15 is 9.13 Å². The van der Waals surface area contributed by atoms with Crippen LogP contribution in [0, 0.1) is 32.1 Å². The van der Waals surface area contributed by atoms with Crippen LogP contribution in [-0.2, 0) is 9.13 Å². The topological polar surface area (TPSA) is 228 Å². The van der Waals surface area contributed by atoms with Gasteiger partial charge in [-0.25, -0.2) is 0 Å². The van der Waals surface area contributed by atoms with Crippen molar-refractivity contribution in [1.82, 2.24) is 0 Å². The number of nitro benzene ring substituents is 2. The molecule has 0 fully saturated rings. The van der Waals surface area contributed by atoms with Crippen molar-refractivity contribution in [3.63, 3.8) is 0 Å². The summed E-state index contributed by atoms with van der Waals surface area (Å²) in [6.45, 7) is 16.0. The van der Waals surface area contributed by atoms with Gasteiger partial charge in [0, 0.05) is 69.4 Å². The van der Waals surface area contributed by atoms with E-state index in [1.807, 2.05) is 183 Å². The van der Waals surface area contributed by atoms with Crippen LogP contribution in [0.15, 0.2) is 272 Å². The van der Waals surface area contributed by atoms with Gasteiger partial charge in [-0.05, 0) is 120 Å². The zero-order chi connectivity index (χ0) is 67.1. The summed E-state index contributed by atoms with van der Waals surface area (Å²) in [6.07, 6.45) is 9.23. The lowest BCUT2D eigenvalue weighted by Gasteiger charge is -2.37. The highest BCUT2D eigenvalue weighted by atomic mass is 31.2. The van der Waals surface area contributed by atoms with Gasteiger partial charge in [-0.2, -0.15) is 0 Å². The van der Waals surface area contributed by atoms with Crippen LogP contribution in [0.25, 0.3) is 33.0 Å². The van der Waals surface area contributed by atoms with Crippen LogP contribution < -0.4 is 55.4 Å². The standard InChI is InChI=1S/C34H23N2O8P.C34H25N2O4P.4C2H6/c37-35(38)22-13-17-24(18-14-22)42-31-21-33(45(41)32-12-6-4-9-28(32)26-7-3-5-11-30(26)44-45)34(29-10-2-1-8-27(29)31)43-25-19-15-23(16-20-25)36(39)40;35-22-13-17-24(18-14-22)38-31-21-33(34(29-10-2-1-8-27(29)31)39-25-19-15-23(36)16-20-25)41(37)32-12-6-4-9-28(32)26-7-3-5-11-30(26)40-41;4*1-2/h1-21,27,29H;1-21H,35-36H2;4*1-2H3. The SMILES string of the molecule is CC.CC.CC.CC.Nc1ccc(Oc2cc(P3(=O)Oc4ccccc4-c4ccccc43)c(Oc3ccc(N)cc3)c3ccccc23)cc1.O=[N+]([O-])c1ccc(OC2=CC(P3(=O)Oc4ccccc4-c4ccccc43)=C(Oc3ccc([N+](=O)[O-])cc3)C3C=CC=CC23)cc1. The number of benzene rings is 10. The van der Waals surface area contributed by atoms with Crippen molar-refractivity contribution in [1.29, 1.82) is 0 Å². The second-order valence-electron chi connectivity index (χ2n) is 20.2. The van der Waals surface area contributed by atoms with Gasteiger partial charge >= 0.3 is 14.7 Å². The third-order valence-corrected chi connectivity index (χ3v) is 19.8. The number of allylic oxidation sites excluding steroid dienone is 6. The van der Waals surface area contributed by atoms with Crippen molar-refractivity contribution in [2.75, 3.05) is 11.5 Å². The number of rotatable bonds is 12. The van der Waals surface area contributed by atoms with Gasteiger partial charge in [-0.1, -0.05) is 177 Å². The van der Waals surface area contributed by atoms with Gasteiger partial charge < -0.3 is 39.5 Å². The van der Waals surface area contributed by atoms with Gasteiger partial charge in [0.15, 0.2) is 0 Å². The number of anilines is 2. The van der Waals surface area contributed by atoms with E-state index in [-0.39, 0.29) is 22.6 Å². The fourth-order valence-corrected chi connectivity index (χ4v) is 15.7. The van der Waals surface area contributed by atoms with Crippen molar-refractivity contribution < 1.29 is 47.0 Å². The Labute approximate surface area is 547 Å². The number of ether oxygens (including phenoxy) is 4. The van der Waals surface area contributed by atoms with E-state index in [0.717, 1.165) is 33.0 Å². The minimum atomic E-state index is -3.91. The predicted molar refractivity (Wildman–Crippen MR) is 378 cm³/mol. The second kappa shape index (κ2) is 30.5. The van der Waals surface area contributed by atoms with Crippen LogP contribution in [0.3, 0.4) is 0 Å². The molecule has 10 aromatic carbocycles. The molecule has 2 heterocycles. The van der Waals surface area contributed by atoms with Crippen molar-refractivity contribution in [3.05, 3.63) is 292 Å². The zero-order valence-corrected chi connectivity index (χ0v) is 55.0. The largest absolute Gasteiger partial charge is 0.461 e. The average molecular weight is 1300 g/mol. The molecule has 16 nitrogen and oxygen atoms in total. The maximum atomic E-state index is 15.4. The minimum absolute atomic E-state index is 0.0759. The number of nitrogens with zero attached hydrogens (tertiary/aromatic N) is 2. The number of hydrogen-bond donors (Lipinski definition) is 2. The molecule has 0 saturated heterocycles. The van der Waals surface area contributed by atoms with Crippen LogP contribution in [0.1, 0.15) is 55.4 Å². The summed E-state index contributed by atoms with van der Waals surface area (Å²) in [7, 11) is -7.68. The first-order valence-corrected chi connectivity index (χ1v) is 34.3. The highest BCUT2D eigenvalue weighted by Crippen LogP contribution is 2.64. The maximum Gasteiger partial charge on any atom is 0.311 e. The summed E-state index contributed by atoms with van der Waals surface area (Å²) in [5.74, 6) is 3.67. The van der Waals surface area contributed by atoms with Gasteiger partial charge in [-0.3, -0.25) is 29.4 Å². The third-order valence-electron chi connectivity index (χ3n) is 14.9. The minimum Gasteiger partial charge on any atom is -0.461 e. The number of nitro groups is 2. The number of para-hydroxylation sites is 2. The molecule has 4 aliphatic rings. The number of fused-ring (bicyclic) bond motifs is 8. The van der Waals surface area contributed by atoms with Gasteiger partial charge in [0.2, 0.25) is 0 Å². The molecular weight excluding hydrogens is 1220 g/mol. The lowest BCUT2D eigenvalue weighted by Crippen LogP contribution is -2.29. The average Bonchev–Trinajstić information content (AvgIpc) is 0.731. The van der Waals surface area contributed by atoms with Crippen LogP contribution >= 0.6 is 14.7 Å². The summed E-state index contributed by atoms with van der Waals surface area (Å²) in [5.41, 5.74) is 16.2. The third kappa shape index (κ3) is 13.9. The van der Waals surface area contributed by atoms with Crippen molar-refractivity contribution in [2.45, 2.75) is 55.4 Å². The fourth-order valence-electron chi connectivity index (χ4n) is 10.8. The Balaban J connectivity index is 0.000000201. The Kier molecular flexibility index (Phi) is 21.9. The summed E-state index contributed by atoms with van der Waals surface area (Å²) >= 11 is 0. The Morgan fingerprint density at radius 3 is 1.32 bits per heavy atom. The van der Waals surface area contributed by atoms with E-state index in [0.29, 0.717) is 84.8 Å². The summed E-state index contributed by atoms with van der Waals surface area (Å²) in [6, 6.07) is 65.1. The monoisotopic (exact) mass is 1290 g/mol. The molecule has 10 aromatic rings. The van der Waals surface area contributed by atoms with E-state index < -0.39 is 30.5 Å². The van der Waals surface area contributed by atoms with Crippen LogP contribution in [0.4, 0.5) is 22.7 Å². The van der Waals surface area contributed by atoms with E-state index in [4.69, 9.17) is 39.5 Å². The second-order valence-corrected chi connectivity index (χ2v) is 24.7. The zero-order valence-electron chi connectivity index (χ0n) is 53.2. The molecule has 0 aromatic heterocycles. The van der Waals surface area contributed by atoms with Crippen molar-refractivity contribution in [2.24, 2.45) is 11.8 Å². The van der Waals surface area contributed by atoms with Crippen molar-refractivity contribution >= 4 is 64.2 Å². The highest BCUT2D eigenvalue weighted by Gasteiger charge is 2.47. The van der Waals surface area contributed by atoms with E-state index in [1.165, 1.54) is 48.5 Å². The summed E-state index contributed by atoms with van der Waals surface area (Å²) in [4.78, 5) is 21.5. The molecule has 4 atom stereocenters. The lowest BCUT2D eigenvalue weighted by molar-refractivity contribution is -0.385. The lowest BCUT2D eigenvalue weighted by atomic mass is 9.82. The van der Waals surface area contributed by atoms with Gasteiger partial charge in [0.1, 0.15) is 57.5 Å². The van der Waals surface area contributed by atoms with Crippen LogP contribution in [0.2, 0.25) is 0 Å². The number of nitrogens with two attached hydrogens (primary N) is 2. The Morgan fingerprint density at radius 2 is 0.809 bits per heavy atom. The molecule has 4 unspecified atom stereocenters. The quantitative estimate of drug-likeness (QED) is 0.0502. The molecular formula is C76H72N4O12P2. The van der Waals surface area contributed by atoms with Crippen LogP contribution in [-0.4, -0.2) is 9.85 Å². The summed E-state index contributed by atoms with van der Waals surface area (Å²) in [5, 5.41) is 25.7. The molecule has 0 spiro atoms. The van der Waals surface area contributed by atoms with Crippen LogP contribution in [0.5, 0.6) is 46.0 Å². The van der Waals surface area contributed by atoms with Gasteiger partial charge in [0.05, 0.1) is 31.1 Å². The molecule has 0 bridgehead atoms. The van der Waals surface area contributed by atoms with E-state index in [2.05, 4.69) is 0 Å². The van der Waals surface area contributed by atoms with Gasteiger partial charge in [0.25, 0.3) is 11.4 Å². The first kappa shape index (κ1) is 67.5. The van der Waals surface area contributed by atoms with Crippen molar-refractivity contribution in [3.8, 4) is 68.2 Å². The highest BCUT2D eigenvalue weighted by molar-refractivity contribution is 7.75. The van der Waals surface area contributed by atoms with E-state index in [9.17, 15) is 20.2 Å². The number of non-ortho nitro benzene ring substituents is 2. The van der Waals surface area contributed by atoms with E-state index in [1.54, 1.807) is 78.9 Å².